The Kier molecular flexibility index (Phi) is 5.67. The molecule has 2 heterocycles. The number of carbonyl (C=O) groups is 2. The second-order valence-corrected chi connectivity index (χ2v) is 9.43. The zero-order valence-electron chi connectivity index (χ0n) is 16.3. The van der Waals surface area contributed by atoms with Gasteiger partial charge in [0, 0.05) is 35.4 Å². The van der Waals surface area contributed by atoms with Crippen molar-refractivity contribution in [2.24, 2.45) is 5.41 Å². The van der Waals surface area contributed by atoms with Crippen LogP contribution in [0.25, 0.3) is 0 Å². The first-order valence-electron chi connectivity index (χ1n) is 9.29. The van der Waals surface area contributed by atoms with E-state index < -0.39 is 16.9 Å². The molecule has 0 spiro atoms. The van der Waals surface area contributed by atoms with E-state index in [1.54, 1.807) is 11.0 Å². The molecule has 0 saturated carbocycles. The van der Waals surface area contributed by atoms with E-state index >= 15 is 0 Å². The maximum atomic E-state index is 13.1. The van der Waals surface area contributed by atoms with Crippen molar-refractivity contribution in [2.75, 3.05) is 23.7 Å². The molecule has 1 amide bonds. The highest BCUT2D eigenvalue weighted by molar-refractivity contribution is 7.99. The van der Waals surface area contributed by atoms with Crippen LogP contribution in [0.4, 0.5) is 11.4 Å². The summed E-state index contributed by atoms with van der Waals surface area (Å²) in [4.78, 5) is 39.6. The number of non-ortho nitro benzene ring substituents is 1. The molecule has 2 aliphatic heterocycles. The highest BCUT2D eigenvalue weighted by Gasteiger charge is 2.44. The van der Waals surface area contributed by atoms with Gasteiger partial charge < -0.3 is 10.0 Å². The molecular weight excluding hydrogens is 382 g/mol. The van der Waals surface area contributed by atoms with Crippen LogP contribution < -0.4 is 4.90 Å². The molecule has 2 aliphatic rings. The van der Waals surface area contributed by atoms with Crippen LogP contribution in [0.5, 0.6) is 0 Å². The minimum atomic E-state index is -0.898. The number of amides is 1. The predicted molar refractivity (Wildman–Crippen MR) is 107 cm³/mol. The zero-order chi connectivity index (χ0) is 20.6. The molecule has 152 valence electrons. The van der Waals surface area contributed by atoms with E-state index in [1.165, 1.54) is 23.9 Å². The number of rotatable bonds is 4. The molecule has 1 fully saturated rings. The van der Waals surface area contributed by atoms with Gasteiger partial charge in [-0.25, -0.2) is 0 Å². The van der Waals surface area contributed by atoms with Gasteiger partial charge in [-0.05, 0) is 24.3 Å². The van der Waals surface area contributed by atoms with Crippen LogP contribution >= 0.6 is 11.8 Å². The maximum Gasteiger partial charge on any atom is 0.320 e. The van der Waals surface area contributed by atoms with Crippen LogP contribution in [-0.2, 0) is 9.59 Å². The number of nitro groups is 1. The van der Waals surface area contributed by atoms with Crippen LogP contribution in [0.2, 0.25) is 0 Å². The highest BCUT2D eigenvalue weighted by atomic mass is 32.2. The van der Waals surface area contributed by atoms with Crippen molar-refractivity contribution in [3.8, 4) is 0 Å². The van der Waals surface area contributed by atoms with Gasteiger partial charge in [0.25, 0.3) is 5.69 Å². The van der Waals surface area contributed by atoms with Gasteiger partial charge in [-0.3, -0.25) is 24.6 Å². The summed E-state index contributed by atoms with van der Waals surface area (Å²) >= 11 is 1.49. The van der Waals surface area contributed by atoms with Crippen LogP contribution in [-0.4, -0.2) is 57.7 Å². The quantitative estimate of drug-likeness (QED) is 0.604. The van der Waals surface area contributed by atoms with Gasteiger partial charge in [-0.15, -0.1) is 11.8 Å². The lowest BCUT2D eigenvalue weighted by atomic mass is 9.85. The molecule has 8 nitrogen and oxygen atoms in total. The number of carboxylic acids is 1. The van der Waals surface area contributed by atoms with Gasteiger partial charge >= 0.3 is 5.97 Å². The van der Waals surface area contributed by atoms with E-state index in [2.05, 4.69) is 20.8 Å². The largest absolute Gasteiger partial charge is 0.480 e. The lowest BCUT2D eigenvalue weighted by Crippen LogP contribution is -2.51. The number of hydrogen-bond donors (Lipinski definition) is 1. The molecule has 1 saturated heterocycles. The Labute approximate surface area is 168 Å². The Balaban J connectivity index is 1.84. The van der Waals surface area contributed by atoms with E-state index in [4.69, 9.17) is 0 Å². The number of hydrogen-bond acceptors (Lipinski definition) is 6. The first kappa shape index (κ1) is 20.6. The molecular formula is C19H25N3O5S. The van der Waals surface area contributed by atoms with E-state index in [0.717, 1.165) is 6.42 Å². The summed E-state index contributed by atoms with van der Waals surface area (Å²) in [5, 5.41) is 20.6. The Morgan fingerprint density at radius 3 is 2.64 bits per heavy atom. The van der Waals surface area contributed by atoms with Crippen molar-refractivity contribution in [1.29, 1.82) is 0 Å². The summed E-state index contributed by atoms with van der Waals surface area (Å²) in [5.41, 5.74) is 0.518. The fourth-order valence-electron chi connectivity index (χ4n) is 4.10. The predicted octanol–water partition coefficient (Wildman–Crippen LogP) is 3.00. The molecule has 0 bridgehead atoms. The van der Waals surface area contributed by atoms with Gasteiger partial charge in [-0.1, -0.05) is 20.8 Å². The van der Waals surface area contributed by atoms with Crippen molar-refractivity contribution in [3.05, 3.63) is 28.3 Å². The zero-order valence-corrected chi connectivity index (χ0v) is 17.1. The minimum absolute atomic E-state index is 0.00108. The summed E-state index contributed by atoms with van der Waals surface area (Å²) in [6.07, 6.45) is 1.27. The molecule has 28 heavy (non-hydrogen) atoms. The van der Waals surface area contributed by atoms with Crippen LogP contribution in [0, 0.1) is 15.5 Å². The number of benzene rings is 1. The fourth-order valence-corrected chi connectivity index (χ4v) is 5.13. The summed E-state index contributed by atoms with van der Waals surface area (Å²) in [6.45, 7) is 6.71. The monoisotopic (exact) mass is 407 g/mol. The Bertz CT molecular complexity index is 807. The van der Waals surface area contributed by atoms with Crippen molar-refractivity contribution in [2.45, 2.75) is 50.6 Å². The standard InChI is InChI=1S/C19H25N3O5S/c1-19(2,3)16-7-6-14(18(24)25)21(16)11-17(23)20-8-9-28-15-10-12(22(26)27)4-5-13(15)20/h4-5,10,14,16H,6-9,11H2,1-3H3,(H,24,25). The van der Waals surface area contributed by atoms with Crippen molar-refractivity contribution >= 4 is 35.0 Å². The molecule has 2 atom stereocenters. The van der Waals surface area contributed by atoms with Gasteiger partial charge in [0.1, 0.15) is 6.04 Å². The van der Waals surface area contributed by atoms with Crippen molar-refractivity contribution in [3.63, 3.8) is 0 Å². The molecule has 1 aromatic rings. The number of nitrogens with zero attached hydrogens (tertiary/aromatic N) is 3. The molecule has 0 aromatic heterocycles. The number of carbonyl (C=O) groups excluding carboxylic acids is 1. The Hall–Kier alpha value is -2.13. The fraction of sp³-hybridized carbons (Fsp3) is 0.579. The molecule has 1 aromatic carbocycles. The number of thioether (sulfide) groups is 1. The van der Waals surface area contributed by atoms with E-state index in [1.807, 2.05) is 4.90 Å². The average molecular weight is 407 g/mol. The van der Waals surface area contributed by atoms with E-state index in [-0.39, 0.29) is 29.6 Å². The first-order valence-corrected chi connectivity index (χ1v) is 10.3. The van der Waals surface area contributed by atoms with Gasteiger partial charge in [0.05, 0.1) is 17.2 Å². The summed E-state index contributed by atoms with van der Waals surface area (Å²) < 4.78 is 0. The van der Waals surface area contributed by atoms with Crippen molar-refractivity contribution in [1.82, 2.24) is 4.90 Å². The Morgan fingerprint density at radius 2 is 2.04 bits per heavy atom. The SMILES string of the molecule is CC(C)(C)C1CCC(C(=O)O)N1CC(=O)N1CCSc2cc([N+](=O)[O-])ccc21. The van der Waals surface area contributed by atoms with Crippen LogP contribution in [0.3, 0.4) is 0 Å². The summed E-state index contributed by atoms with van der Waals surface area (Å²) in [7, 11) is 0. The topological polar surface area (TPSA) is 104 Å². The third-order valence-electron chi connectivity index (χ3n) is 5.44. The van der Waals surface area contributed by atoms with Crippen LogP contribution in [0.15, 0.2) is 23.1 Å². The second kappa shape index (κ2) is 7.71. The maximum absolute atomic E-state index is 13.1. The van der Waals surface area contributed by atoms with Gasteiger partial charge in [0.2, 0.25) is 5.91 Å². The molecule has 0 aliphatic carbocycles. The van der Waals surface area contributed by atoms with E-state index in [0.29, 0.717) is 29.3 Å². The van der Waals surface area contributed by atoms with Gasteiger partial charge in [0.15, 0.2) is 0 Å². The van der Waals surface area contributed by atoms with E-state index in [9.17, 15) is 24.8 Å². The normalized spacial score (nSPS) is 22.8. The Morgan fingerprint density at radius 1 is 1.32 bits per heavy atom. The molecule has 3 rings (SSSR count). The van der Waals surface area contributed by atoms with Gasteiger partial charge in [-0.2, -0.15) is 0 Å². The summed E-state index contributed by atoms with van der Waals surface area (Å²) in [6, 6.07) is 3.85. The highest BCUT2D eigenvalue weighted by Crippen LogP contribution is 2.39. The van der Waals surface area contributed by atoms with Crippen LogP contribution in [0.1, 0.15) is 33.6 Å². The third-order valence-corrected chi connectivity index (χ3v) is 6.46. The number of nitro benzene ring substituents is 1. The number of aliphatic carboxylic acids is 1. The number of anilines is 1. The number of fused-ring (bicyclic) bond motifs is 1. The third kappa shape index (κ3) is 4.00. The smallest absolute Gasteiger partial charge is 0.320 e. The second-order valence-electron chi connectivity index (χ2n) is 8.29. The molecule has 9 heteroatoms. The minimum Gasteiger partial charge on any atom is -0.480 e. The average Bonchev–Trinajstić information content (AvgIpc) is 3.04. The van der Waals surface area contributed by atoms with Crippen molar-refractivity contribution < 1.29 is 19.6 Å². The summed E-state index contributed by atoms with van der Waals surface area (Å²) in [5.74, 6) is -0.423. The molecule has 0 radical (unpaired) electrons. The lowest BCUT2D eigenvalue weighted by molar-refractivity contribution is -0.385. The first-order chi connectivity index (χ1) is 13.1. The lowest BCUT2D eigenvalue weighted by Gasteiger charge is -2.38. The molecule has 2 unspecified atom stereocenters. The number of carboxylic acid groups (broad SMARTS) is 1. The number of likely N-dealkylation sites (tertiary alicyclic amines) is 1. The molecule has 1 N–H and O–H groups in total.